The first-order valence-electron chi connectivity index (χ1n) is 7.46. The Morgan fingerprint density at radius 3 is 2.20 bits per heavy atom. The number of hydrogen-bond acceptors (Lipinski definition) is 4. The lowest BCUT2D eigenvalue weighted by atomic mass is 10.0. The number of carboxylic acids is 1. The third kappa shape index (κ3) is 2.50. The average Bonchev–Trinajstić information content (AvgIpc) is 3.27. The molecule has 2 aromatic rings. The van der Waals surface area contributed by atoms with E-state index in [1.54, 1.807) is 25.1 Å². The van der Waals surface area contributed by atoms with Crippen LogP contribution in [0.4, 0.5) is 4.39 Å². The zero-order valence-corrected chi connectivity index (χ0v) is 14.0. The molecule has 7 heteroatoms. The standard InChI is InChI=1S/C18H14FNO4S/c1-11-2-8-14(9-3-11)25(23,24)16-15(18(16,10-20)17(21)22)12-4-6-13(19)7-5-12/h2-9,15-16H,1H3,(H,21,22)/t15-,16-,18-/m1/s1. The molecule has 0 bridgehead atoms. The summed E-state index contributed by atoms with van der Waals surface area (Å²) in [6, 6.07) is 12.6. The number of aliphatic carboxylic acids is 1. The van der Waals surface area contributed by atoms with Crippen molar-refractivity contribution in [2.75, 3.05) is 0 Å². The van der Waals surface area contributed by atoms with Crippen molar-refractivity contribution in [2.24, 2.45) is 5.41 Å². The summed E-state index contributed by atoms with van der Waals surface area (Å²) >= 11 is 0. The predicted octanol–water partition coefficient (Wildman–Crippen LogP) is 2.67. The van der Waals surface area contributed by atoms with E-state index in [0.29, 0.717) is 5.56 Å². The molecule has 3 atom stereocenters. The number of benzene rings is 2. The minimum atomic E-state index is -4.05. The van der Waals surface area contributed by atoms with E-state index in [1.165, 1.54) is 24.3 Å². The van der Waals surface area contributed by atoms with Gasteiger partial charge in [0.05, 0.1) is 11.0 Å². The third-order valence-corrected chi connectivity index (χ3v) is 6.83. The van der Waals surface area contributed by atoms with Crippen LogP contribution >= 0.6 is 0 Å². The van der Waals surface area contributed by atoms with Crippen LogP contribution < -0.4 is 0 Å². The maximum Gasteiger partial charge on any atom is 0.326 e. The number of halogens is 1. The van der Waals surface area contributed by atoms with Crippen molar-refractivity contribution in [3.05, 3.63) is 65.5 Å². The van der Waals surface area contributed by atoms with Gasteiger partial charge >= 0.3 is 5.97 Å². The molecule has 0 amide bonds. The molecule has 0 heterocycles. The Bertz CT molecular complexity index is 977. The van der Waals surface area contributed by atoms with Crippen LogP contribution in [-0.4, -0.2) is 24.7 Å². The van der Waals surface area contributed by atoms with Gasteiger partial charge in [-0.1, -0.05) is 29.8 Å². The molecule has 0 aliphatic heterocycles. The third-order valence-electron chi connectivity index (χ3n) is 4.58. The van der Waals surface area contributed by atoms with E-state index in [2.05, 4.69) is 0 Å². The van der Waals surface area contributed by atoms with Crippen LogP contribution in [0.5, 0.6) is 0 Å². The molecule has 25 heavy (non-hydrogen) atoms. The largest absolute Gasteiger partial charge is 0.480 e. The van der Waals surface area contributed by atoms with Gasteiger partial charge in [-0.15, -0.1) is 0 Å². The average molecular weight is 359 g/mol. The second kappa shape index (κ2) is 5.67. The zero-order valence-electron chi connectivity index (χ0n) is 13.2. The highest BCUT2D eigenvalue weighted by molar-refractivity contribution is 7.92. The number of sulfone groups is 1. The SMILES string of the molecule is Cc1ccc(S(=O)(=O)[C@@H]2[C@@H](c3ccc(F)cc3)[C@@]2(C#N)C(=O)O)cc1. The first-order valence-corrected chi connectivity index (χ1v) is 9.00. The van der Waals surface area contributed by atoms with Crippen LogP contribution in [0.1, 0.15) is 17.0 Å². The van der Waals surface area contributed by atoms with E-state index >= 15 is 0 Å². The van der Waals surface area contributed by atoms with Crippen LogP contribution in [0.25, 0.3) is 0 Å². The molecule has 5 nitrogen and oxygen atoms in total. The van der Waals surface area contributed by atoms with Crippen molar-refractivity contribution in [3.63, 3.8) is 0 Å². The Morgan fingerprint density at radius 1 is 1.16 bits per heavy atom. The summed E-state index contributed by atoms with van der Waals surface area (Å²) in [4.78, 5) is 11.7. The van der Waals surface area contributed by atoms with Crippen LogP contribution in [0.2, 0.25) is 0 Å². The molecule has 1 aliphatic carbocycles. The van der Waals surface area contributed by atoms with Gasteiger partial charge in [-0.05, 0) is 36.8 Å². The van der Waals surface area contributed by atoms with Crippen LogP contribution in [-0.2, 0) is 14.6 Å². The minimum absolute atomic E-state index is 0.0337. The molecule has 2 aromatic carbocycles. The number of aryl methyl sites for hydroxylation is 1. The lowest BCUT2D eigenvalue weighted by Crippen LogP contribution is -2.22. The normalized spacial score (nSPS) is 25.2. The fourth-order valence-corrected chi connectivity index (χ4v) is 5.45. The van der Waals surface area contributed by atoms with E-state index in [0.717, 1.165) is 17.7 Å². The number of nitriles is 1. The maximum absolute atomic E-state index is 13.1. The Labute approximate surface area is 144 Å². The Kier molecular flexibility index (Phi) is 3.88. The van der Waals surface area contributed by atoms with E-state index in [9.17, 15) is 28.0 Å². The van der Waals surface area contributed by atoms with Gasteiger partial charge in [-0.3, -0.25) is 4.79 Å². The van der Waals surface area contributed by atoms with Crippen molar-refractivity contribution in [3.8, 4) is 6.07 Å². The maximum atomic E-state index is 13.1. The number of nitrogens with zero attached hydrogens (tertiary/aromatic N) is 1. The highest BCUT2D eigenvalue weighted by Gasteiger charge is 2.77. The molecule has 128 valence electrons. The van der Waals surface area contributed by atoms with Crippen molar-refractivity contribution < 1.29 is 22.7 Å². The molecule has 1 N–H and O–H groups in total. The van der Waals surface area contributed by atoms with Gasteiger partial charge in [0.1, 0.15) is 11.1 Å². The molecule has 0 aromatic heterocycles. The lowest BCUT2D eigenvalue weighted by molar-refractivity contribution is -0.141. The number of rotatable bonds is 4. The lowest BCUT2D eigenvalue weighted by Gasteiger charge is -2.05. The van der Waals surface area contributed by atoms with Crippen LogP contribution in [0.3, 0.4) is 0 Å². The van der Waals surface area contributed by atoms with E-state index in [4.69, 9.17) is 0 Å². The molecule has 3 rings (SSSR count). The predicted molar refractivity (Wildman–Crippen MR) is 87.0 cm³/mol. The number of carbonyl (C=O) groups is 1. The quantitative estimate of drug-likeness (QED) is 0.905. The van der Waals surface area contributed by atoms with Gasteiger partial charge in [-0.25, -0.2) is 12.8 Å². The van der Waals surface area contributed by atoms with E-state index in [1.807, 2.05) is 0 Å². The summed E-state index contributed by atoms with van der Waals surface area (Å²) < 4.78 is 39.0. The minimum Gasteiger partial charge on any atom is -0.480 e. The number of carboxylic acid groups (broad SMARTS) is 1. The monoisotopic (exact) mass is 359 g/mol. The summed E-state index contributed by atoms with van der Waals surface area (Å²) in [5, 5.41) is 17.6. The molecule has 0 unspecified atom stereocenters. The molecule has 0 saturated heterocycles. The van der Waals surface area contributed by atoms with E-state index < -0.39 is 38.2 Å². The summed E-state index contributed by atoms with van der Waals surface area (Å²) in [6.45, 7) is 1.80. The van der Waals surface area contributed by atoms with Gasteiger partial charge in [0.15, 0.2) is 15.3 Å². The highest BCUT2D eigenvalue weighted by Crippen LogP contribution is 2.63. The first kappa shape index (κ1) is 17.1. The van der Waals surface area contributed by atoms with E-state index in [-0.39, 0.29) is 4.90 Å². The topological polar surface area (TPSA) is 95.2 Å². The van der Waals surface area contributed by atoms with Crippen molar-refractivity contribution in [2.45, 2.75) is 23.0 Å². The first-order chi connectivity index (χ1) is 11.7. The van der Waals surface area contributed by atoms with Gasteiger partial charge in [0, 0.05) is 5.92 Å². The second-order valence-corrected chi connectivity index (χ2v) is 8.16. The Balaban J connectivity index is 2.12. The van der Waals surface area contributed by atoms with Crippen LogP contribution in [0.15, 0.2) is 53.4 Å². The molecule has 0 spiro atoms. The summed E-state index contributed by atoms with van der Waals surface area (Å²) in [5.74, 6) is -3.08. The molecular formula is C18H14FNO4S. The van der Waals surface area contributed by atoms with Gasteiger partial charge < -0.3 is 5.11 Å². The van der Waals surface area contributed by atoms with Crippen molar-refractivity contribution in [1.82, 2.24) is 0 Å². The smallest absolute Gasteiger partial charge is 0.326 e. The van der Waals surface area contributed by atoms with Gasteiger partial charge in [0.2, 0.25) is 0 Å². The summed E-state index contributed by atoms with van der Waals surface area (Å²) in [6.07, 6.45) is 0. The molecule has 1 saturated carbocycles. The van der Waals surface area contributed by atoms with Crippen molar-refractivity contribution >= 4 is 15.8 Å². The van der Waals surface area contributed by atoms with Crippen LogP contribution in [0, 0.1) is 29.5 Å². The van der Waals surface area contributed by atoms with Crippen molar-refractivity contribution in [1.29, 1.82) is 5.26 Å². The zero-order chi connectivity index (χ0) is 18.4. The Hall–Kier alpha value is -2.72. The summed E-state index contributed by atoms with van der Waals surface area (Å²) in [5.41, 5.74) is -0.915. The highest BCUT2D eigenvalue weighted by atomic mass is 32.2. The molecule has 1 aliphatic rings. The molecule has 0 radical (unpaired) electrons. The summed E-state index contributed by atoms with van der Waals surface area (Å²) in [7, 11) is -4.05. The Morgan fingerprint density at radius 2 is 1.72 bits per heavy atom. The molecule has 1 fully saturated rings. The fourth-order valence-electron chi connectivity index (χ4n) is 3.20. The molecular weight excluding hydrogens is 345 g/mol. The fraction of sp³-hybridized carbons (Fsp3) is 0.222. The number of hydrogen-bond donors (Lipinski definition) is 1. The van der Waals surface area contributed by atoms with Gasteiger partial charge in [0.25, 0.3) is 0 Å². The second-order valence-electron chi connectivity index (χ2n) is 6.09. The van der Waals surface area contributed by atoms with Gasteiger partial charge in [-0.2, -0.15) is 5.26 Å².